The minimum absolute atomic E-state index is 0.171. The molecular formula is C19H25N3OS. The SMILES string of the molecule is CSc1ccccc1C(=O)N1CCC(Cn2nc(C)cc2C)CC1. The Morgan fingerprint density at radius 1 is 1.25 bits per heavy atom. The van der Waals surface area contributed by atoms with Gasteiger partial charge in [0.2, 0.25) is 0 Å². The van der Waals surface area contributed by atoms with E-state index in [-0.39, 0.29) is 5.91 Å². The molecule has 4 nitrogen and oxygen atoms in total. The van der Waals surface area contributed by atoms with E-state index in [1.54, 1.807) is 11.8 Å². The molecule has 1 aromatic heterocycles. The molecule has 1 aliphatic heterocycles. The number of hydrogen-bond acceptors (Lipinski definition) is 3. The van der Waals surface area contributed by atoms with Crippen molar-refractivity contribution in [3.8, 4) is 0 Å². The average molecular weight is 343 g/mol. The number of likely N-dealkylation sites (tertiary alicyclic amines) is 1. The molecule has 0 spiro atoms. The van der Waals surface area contributed by atoms with Crippen LogP contribution in [0.5, 0.6) is 0 Å². The van der Waals surface area contributed by atoms with E-state index in [4.69, 9.17) is 0 Å². The van der Waals surface area contributed by atoms with Gasteiger partial charge in [0.05, 0.1) is 11.3 Å². The van der Waals surface area contributed by atoms with Crippen LogP contribution in [0.3, 0.4) is 0 Å². The van der Waals surface area contributed by atoms with Gasteiger partial charge >= 0.3 is 0 Å². The molecule has 5 heteroatoms. The van der Waals surface area contributed by atoms with Crippen LogP contribution < -0.4 is 0 Å². The van der Waals surface area contributed by atoms with Gasteiger partial charge in [-0.2, -0.15) is 5.10 Å². The lowest BCUT2D eigenvalue weighted by atomic mass is 9.96. The van der Waals surface area contributed by atoms with E-state index >= 15 is 0 Å². The van der Waals surface area contributed by atoms with Gasteiger partial charge in [0, 0.05) is 30.2 Å². The smallest absolute Gasteiger partial charge is 0.254 e. The standard InChI is InChI=1S/C19H25N3OS/c1-14-12-15(2)22(20-14)13-16-8-10-21(11-9-16)19(23)17-6-4-5-7-18(17)24-3/h4-7,12,16H,8-11,13H2,1-3H3. The molecule has 1 fully saturated rings. The molecule has 0 radical (unpaired) electrons. The number of thioether (sulfide) groups is 1. The zero-order chi connectivity index (χ0) is 17.1. The van der Waals surface area contributed by atoms with Crippen molar-refractivity contribution in [3.05, 3.63) is 47.3 Å². The lowest BCUT2D eigenvalue weighted by Crippen LogP contribution is -2.39. The number of hydrogen-bond donors (Lipinski definition) is 0. The predicted octanol–water partition coefficient (Wildman–Crippen LogP) is 3.77. The van der Waals surface area contributed by atoms with Crippen LogP contribution in [-0.4, -0.2) is 39.9 Å². The van der Waals surface area contributed by atoms with Gasteiger partial charge in [-0.1, -0.05) is 12.1 Å². The fourth-order valence-electron chi connectivity index (χ4n) is 3.41. The van der Waals surface area contributed by atoms with Gasteiger partial charge in [0.25, 0.3) is 5.91 Å². The third-order valence-electron chi connectivity index (χ3n) is 4.77. The van der Waals surface area contributed by atoms with Gasteiger partial charge in [-0.25, -0.2) is 0 Å². The second-order valence-corrected chi connectivity index (χ2v) is 7.39. The number of rotatable bonds is 4. The first-order valence-corrected chi connectivity index (χ1v) is 9.74. The Labute approximate surface area is 148 Å². The van der Waals surface area contributed by atoms with Crippen LogP contribution in [0.2, 0.25) is 0 Å². The number of benzene rings is 1. The molecule has 0 aliphatic carbocycles. The molecule has 3 rings (SSSR count). The van der Waals surface area contributed by atoms with E-state index in [0.29, 0.717) is 5.92 Å². The van der Waals surface area contributed by atoms with Crippen molar-refractivity contribution in [2.75, 3.05) is 19.3 Å². The Morgan fingerprint density at radius 3 is 2.58 bits per heavy atom. The maximum Gasteiger partial charge on any atom is 0.254 e. The summed E-state index contributed by atoms with van der Waals surface area (Å²) in [5, 5.41) is 4.56. The summed E-state index contributed by atoms with van der Waals surface area (Å²) in [6, 6.07) is 10.0. The summed E-state index contributed by atoms with van der Waals surface area (Å²) in [4.78, 5) is 15.9. The molecule has 0 N–H and O–H groups in total. The summed E-state index contributed by atoms with van der Waals surface area (Å²) in [6.07, 6.45) is 4.11. The average Bonchev–Trinajstić information content (AvgIpc) is 2.92. The summed E-state index contributed by atoms with van der Waals surface area (Å²) in [5.41, 5.74) is 3.13. The highest BCUT2D eigenvalue weighted by Crippen LogP contribution is 2.25. The minimum atomic E-state index is 0.171. The number of aromatic nitrogens is 2. The third-order valence-corrected chi connectivity index (χ3v) is 5.57. The molecule has 1 aliphatic rings. The van der Waals surface area contributed by atoms with E-state index in [1.165, 1.54) is 5.69 Å². The van der Waals surface area contributed by atoms with Gasteiger partial charge in [-0.3, -0.25) is 9.48 Å². The van der Waals surface area contributed by atoms with Crippen molar-refractivity contribution in [1.29, 1.82) is 0 Å². The van der Waals surface area contributed by atoms with Crippen LogP contribution in [0.25, 0.3) is 0 Å². The highest BCUT2D eigenvalue weighted by molar-refractivity contribution is 7.98. The Bertz CT molecular complexity index is 717. The van der Waals surface area contributed by atoms with Crippen LogP contribution in [0, 0.1) is 19.8 Å². The Hall–Kier alpha value is -1.75. The maximum absolute atomic E-state index is 12.8. The topological polar surface area (TPSA) is 38.1 Å². The van der Waals surface area contributed by atoms with Gasteiger partial charge < -0.3 is 4.90 Å². The summed E-state index contributed by atoms with van der Waals surface area (Å²) in [6.45, 7) is 6.78. The largest absolute Gasteiger partial charge is 0.339 e. The van der Waals surface area contributed by atoms with Gasteiger partial charge in [0.1, 0.15) is 0 Å². The molecule has 0 atom stereocenters. The molecule has 128 valence electrons. The molecule has 0 unspecified atom stereocenters. The number of carbonyl (C=O) groups is 1. The summed E-state index contributed by atoms with van der Waals surface area (Å²) >= 11 is 1.63. The van der Waals surface area contributed by atoms with Crippen molar-refractivity contribution < 1.29 is 4.79 Å². The summed E-state index contributed by atoms with van der Waals surface area (Å²) in [7, 11) is 0. The number of carbonyl (C=O) groups excluding carboxylic acids is 1. The lowest BCUT2D eigenvalue weighted by Gasteiger charge is -2.32. The van der Waals surface area contributed by atoms with Crippen molar-refractivity contribution in [2.45, 2.75) is 38.1 Å². The summed E-state index contributed by atoms with van der Waals surface area (Å²) < 4.78 is 2.11. The molecule has 1 amide bonds. The molecule has 1 aromatic carbocycles. The Kier molecular flexibility index (Phi) is 5.29. The van der Waals surface area contributed by atoms with Crippen molar-refractivity contribution >= 4 is 17.7 Å². The third kappa shape index (κ3) is 3.66. The molecule has 2 heterocycles. The summed E-state index contributed by atoms with van der Waals surface area (Å²) in [5.74, 6) is 0.771. The van der Waals surface area contributed by atoms with E-state index in [2.05, 4.69) is 22.8 Å². The first kappa shape index (κ1) is 17.1. The zero-order valence-electron chi connectivity index (χ0n) is 14.7. The number of nitrogens with zero attached hydrogens (tertiary/aromatic N) is 3. The van der Waals surface area contributed by atoms with Crippen LogP contribution in [0.1, 0.15) is 34.6 Å². The number of aryl methyl sites for hydroxylation is 2. The van der Waals surface area contributed by atoms with Crippen LogP contribution in [0.4, 0.5) is 0 Å². The number of piperidine rings is 1. The molecule has 1 saturated heterocycles. The highest BCUT2D eigenvalue weighted by atomic mass is 32.2. The van der Waals surface area contributed by atoms with Gasteiger partial charge in [-0.15, -0.1) is 11.8 Å². The van der Waals surface area contributed by atoms with E-state index < -0.39 is 0 Å². The lowest BCUT2D eigenvalue weighted by molar-refractivity contribution is 0.0677. The quantitative estimate of drug-likeness (QED) is 0.793. The highest BCUT2D eigenvalue weighted by Gasteiger charge is 2.25. The molecular weight excluding hydrogens is 318 g/mol. The van der Waals surface area contributed by atoms with Crippen molar-refractivity contribution in [3.63, 3.8) is 0 Å². The molecule has 24 heavy (non-hydrogen) atoms. The first-order chi connectivity index (χ1) is 11.6. The van der Waals surface area contributed by atoms with E-state index in [9.17, 15) is 4.79 Å². The fourth-order valence-corrected chi connectivity index (χ4v) is 4.00. The van der Waals surface area contributed by atoms with Crippen LogP contribution in [-0.2, 0) is 6.54 Å². The maximum atomic E-state index is 12.8. The minimum Gasteiger partial charge on any atom is -0.339 e. The second kappa shape index (κ2) is 7.43. The van der Waals surface area contributed by atoms with Gasteiger partial charge in [0.15, 0.2) is 0 Å². The van der Waals surface area contributed by atoms with E-state index in [0.717, 1.165) is 48.6 Å². The van der Waals surface area contributed by atoms with Gasteiger partial charge in [-0.05, 0) is 57.1 Å². The molecule has 2 aromatic rings. The predicted molar refractivity (Wildman–Crippen MR) is 98.6 cm³/mol. The zero-order valence-corrected chi connectivity index (χ0v) is 15.5. The van der Waals surface area contributed by atoms with Crippen molar-refractivity contribution in [1.82, 2.24) is 14.7 Å². The van der Waals surface area contributed by atoms with Crippen molar-refractivity contribution in [2.24, 2.45) is 5.92 Å². The normalized spacial score (nSPS) is 15.7. The Morgan fingerprint density at radius 2 is 1.96 bits per heavy atom. The van der Waals surface area contributed by atoms with Crippen LogP contribution >= 0.6 is 11.8 Å². The number of amides is 1. The fraction of sp³-hybridized carbons (Fsp3) is 0.474. The first-order valence-electron chi connectivity index (χ1n) is 8.52. The Balaban J connectivity index is 1.60. The molecule has 0 bridgehead atoms. The van der Waals surface area contributed by atoms with E-state index in [1.807, 2.05) is 42.3 Å². The van der Waals surface area contributed by atoms with Crippen LogP contribution in [0.15, 0.2) is 35.2 Å². The monoisotopic (exact) mass is 343 g/mol. The molecule has 0 saturated carbocycles. The second-order valence-electron chi connectivity index (χ2n) is 6.55.